The summed E-state index contributed by atoms with van der Waals surface area (Å²) >= 11 is 0. The maximum atomic E-state index is 13.4. The van der Waals surface area contributed by atoms with Crippen molar-refractivity contribution >= 4 is 21.6 Å². The summed E-state index contributed by atoms with van der Waals surface area (Å²) < 4.78 is 29.5. The molecule has 2 aromatic carbocycles. The van der Waals surface area contributed by atoms with E-state index >= 15 is 0 Å². The number of rotatable bonds is 10. The molecule has 0 aliphatic carbocycles. The molecule has 3 aromatic rings. The number of hydrogen-bond acceptors (Lipinski definition) is 5. The summed E-state index contributed by atoms with van der Waals surface area (Å²) in [4.78, 5) is 15.8. The summed E-state index contributed by atoms with van der Waals surface area (Å²) in [5, 5.41) is 7.31. The van der Waals surface area contributed by atoms with Crippen molar-refractivity contribution in [3.8, 4) is 0 Å². The van der Waals surface area contributed by atoms with E-state index in [4.69, 9.17) is 0 Å². The third-order valence-corrected chi connectivity index (χ3v) is 8.50. The number of carbonyl (C=O) groups excluding carboxylic acids is 1. The van der Waals surface area contributed by atoms with Crippen molar-refractivity contribution in [3.63, 3.8) is 0 Å². The Labute approximate surface area is 207 Å². The van der Waals surface area contributed by atoms with Crippen molar-refractivity contribution in [3.05, 3.63) is 77.6 Å². The predicted octanol–water partition coefficient (Wildman–Crippen LogP) is 3.49. The highest BCUT2D eigenvalue weighted by atomic mass is 32.2. The van der Waals surface area contributed by atoms with Crippen LogP contribution in [0, 0.1) is 0 Å². The normalized spacial score (nSPS) is 14.0. The van der Waals surface area contributed by atoms with Crippen LogP contribution in [0.2, 0.25) is 0 Å². The zero-order chi connectivity index (χ0) is 24.8. The lowest BCUT2D eigenvalue weighted by Crippen LogP contribution is -2.32. The monoisotopic (exact) mass is 495 g/mol. The van der Waals surface area contributed by atoms with Crippen molar-refractivity contribution in [2.24, 2.45) is 0 Å². The fourth-order valence-corrected chi connectivity index (χ4v) is 6.01. The largest absolute Gasteiger partial charge is 0.371 e. The Morgan fingerprint density at radius 3 is 2.40 bits per heavy atom. The van der Waals surface area contributed by atoms with Gasteiger partial charge in [-0.25, -0.2) is 8.42 Å². The van der Waals surface area contributed by atoms with E-state index in [9.17, 15) is 13.2 Å². The maximum absolute atomic E-state index is 13.4. The molecule has 1 amide bonds. The number of anilines is 1. The average molecular weight is 496 g/mol. The molecule has 0 bridgehead atoms. The van der Waals surface area contributed by atoms with Gasteiger partial charge in [-0.2, -0.15) is 9.40 Å². The van der Waals surface area contributed by atoms with Crippen molar-refractivity contribution < 1.29 is 13.2 Å². The third-order valence-electron chi connectivity index (χ3n) is 6.45. The van der Waals surface area contributed by atoms with Crippen molar-refractivity contribution in [2.75, 3.05) is 31.1 Å². The van der Waals surface area contributed by atoms with Gasteiger partial charge in [-0.15, -0.1) is 0 Å². The summed E-state index contributed by atoms with van der Waals surface area (Å²) in [5.41, 5.74) is 3.23. The molecule has 1 aliphatic rings. The van der Waals surface area contributed by atoms with Crippen LogP contribution in [0.25, 0.3) is 0 Å². The van der Waals surface area contributed by atoms with E-state index in [2.05, 4.69) is 15.3 Å². The number of aromatic nitrogens is 2. The highest BCUT2D eigenvalue weighted by molar-refractivity contribution is 7.89. The summed E-state index contributed by atoms with van der Waals surface area (Å²) in [5.74, 6) is -0.280. The summed E-state index contributed by atoms with van der Waals surface area (Å²) in [7, 11) is -3.68. The SMILES string of the molecule is CCN(CC)S(=O)(=O)c1ccc(N2CCCC2)c(C(=O)NCc2ccccc2Cn2cccn2)c1. The van der Waals surface area contributed by atoms with Gasteiger partial charge in [-0.1, -0.05) is 38.1 Å². The van der Waals surface area contributed by atoms with Crippen LogP contribution in [0.3, 0.4) is 0 Å². The number of carbonyl (C=O) groups is 1. The van der Waals surface area contributed by atoms with Crippen LogP contribution >= 0.6 is 0 Å². The second-order valence-corrected chi connectivity index (χ2v) is 10.6. The summed E-state index contributed by atoms with van der Waals surface area (Å²) in [6.45, 7) is 7.03. The Morgan fingerprint density at radius 1 is 1.03 bits per heavy atom. The van der Waals surface area contributed by atoms with Crippen molar-refractivity contribution in [1.82, 2.24) is 19.4 Å². The fraction of sp³-hybridized carbons (Fsp3) is 0.385. The third kappa shape index (κ3) is 5.57. The molecule has 1 N–H and O–H groups in total. The predicted molar refractivity (Wildman–Crippen MR) is 137 cm³/mol. The topological polar surface area (TPSA) is 87.5 Å². The Kier molecular flexibility index (Phi) is 7.87. The van der Waals surface area contributed by atoms with Crippen LogP contribution < -0.4 is 10.2 Å². The van der Waals surface area contributed by atoms with Gasteiger partial charge in [0.05, 0.1) is 17.0 Å². The molecule has 1 aromatic heterocycles. The van der Waals surface area contributed by atoms with Crippen LogP contribution in [-0.2, 0) is 23.1 Å². The zero-order valence-electron chi connectivity index (χ0n) is 20.4. The number of nitrogens with zero attached hydrogens (tertiary/aromatic N) is 4. The molecular formula is C26H33N5O3S. The molecule has 1 fully saturated rings. The van der Waals surface area contributed by atoms with E-state index in [-0.39, 0.29) is 10.8 Å². The first-order valence-electron chi connectivity index (χ1n) is 12.2. The minimum atomic E-state index is -3.68. The molecule has 9 heteroatoms. The van der Waals surface area contributed by atoms with Crippen LogP contribution in [0.4, 0.5) is 5.69 Å². The second kappa shape index (κ2) is 11.0. The van der Waals surface area contributed by atoms with Gasteiger partial charge in [0.25, 0.3) is 5.91 Å². The van der Waals surface area contributed by atoms with E-state index in [1.807, 2.05) is 55.1 Å². The standard InChI is InChI=1S/C26H33N5O3S/c1-3-31(4-2)35(33,34)23-12-13-25(29-15-7-8-16-29)24(18-23)26(32)27-19-21-10-5-6-11-22(21)20-30-17-9-14-28-30/h5-6,9-14,17-18H,3-4,7-8,15-16,19-20H2,1-2H3,(H,27,32). The number of amides is 1. The first-order valence-corrected chi connectivity index (χ1v) is 13.6. The molecule has 0 atom stereocenters. The number of nitrogens with one attached hydrogen (secondary N) is 1. The molecule has 2 heterocycles. The van der Waals surface area contributed by atoms with E-state index in [1.165, 1.54) is 10.4 Å². The lowest BCUT2D eigenvalue weighted by Gasteiger charge is -2.23. The Balaban J connectivity index is 1.61. The van der Waals surface area contributed by atoms with Gasteiger partial charge in [-0.3, -0.25) is 9.48 Å². The average Bonchev–Trinajstić information content (AvgIpc) is 3.58. The number of sulfonamides is 1. The Morgan fingerprint density at radius 2 is 1.74 bits per heavy atom. The molecule has 8 nitrogen and oxygen atoms in total. The van der Waals surface area contributed by atoms with Gasteiger partial charge in [0, 0.05) is 50.8 Å². The first-order chi connectivity index (χ1) is 16.9. The molecule has 0 unspecified atom stereocenters. The lowest BCUT2D eigenvalue weighted by molar-refractivity contribution is 0.0951. The quantitative estimate of drug-likeness (QED) is 0.465. The van der Waals surface area contributed by atoms with E-state index in [1.54, 1.807) is 18.3 Å². The maximum Gasteiger partial charge on any atom is 0.253 e. The molecule has 1 aliphatic heterocycles. The first kappa shape index (κ1) is 24.9. The van der Waals surface area contributed by atoms with Gasteiger partial charge in [0.1, 0.15) is 0 Å². The highest BCUT2D eigenvalue weighted by Gasteiger charge is 2.26. The number of benzene rings is 2. The number of hydrogen-bond donors (Lipinski definition) is 1. The van der Waals surface area contributed by atoms with Crippen LogP contribution in [-0.4, -0.2) is 54.6 Å². The van der Waals surface area contributed by atoms with Gasteiger partial charge in [0.2, 0.25) is 10.0 Å². The van der Waals surface area contributed by atoms with Crippen LogP contribution in [0.5, 0.6) is 0 Å². The van der Waals surface area contributed by atoms with Crippen molar-refractivity contribution in [2.45, 2.75) is 44.7 Å². The highest BCUT2D eigenvalue weighted by Crippen LogP contribution is 2.28. The van der Waals surface area contributed by atoms with Crippen LogP contribution in [0.15, 0.2) is 65.8 Å². The van der Waals surface area contributed by atoms with Gasteiger partial charge in [-0.05, 0) is 48.2 Å². The molecular weight excluding hydrogens is 462 g/mol. The molecule has 186 valence electrons. The van der Waals surface area contributed by atoms with E-state index < -0.39 is 10.0 Å². The van der Waals surface area contributed by atoms with Gasteiger partial charge < -0.3 is 10.2 Å². The van der Waals surface area contributed by atoms with Gasteiger partial charge >= 0.3 is 0 Å². The van der Waals surface area contributed by atoms with Gasteiger partial charge in [0.15, 0.2) is 0 Å². The molecule has 1 saturated heterocycles. The smallest absolute Gasteiger partial charge is 0.253 e. The minimum absolute atomic E-state index is 0.147. The Bertz CT molecular complexity index is 1250. The molecule has 35 heavy (non-hydrogen) atoms. The van der Waals surface area contributed by atoms with E-state index in [0.717, 1.165) is 42.7 Å². The molecule has 4 rings (SSSR count). The van der Waals surface area contributed by atoms with Crippen LogP contribution in [0.1, 0.15) is 48.2 Å². The fourth-order valence-electron chi connectivity index (χ4n) is 4.53. The summed E-state index contributed by atoms with van der Waals surface area (Å²) in [6, 6.07) is 14.7. The summed E-state index contributed by atoms with van der Waals surface area (Å²) in [6.07, 6.45) is 5.76. The zero-order valence-corrected chi connectivity index (χ0v) is 21.2. The minimum Gasteiger partial charge on any atom is -0.371 e. The van der Waals surface area contributed by atoms with E-state index in [0.29, 0.717) is 31.7 Å². The molecule has 0 spiro atoms. The molecule has 0 saturated carbocycles. The van der Waals surface area contributed by atoms with Crippen molar-refractivity contribution in [1.29, 1.82) is 0 Å². The molecule has 0 radical (unpaired) electrons. The lowest BCUT2D eigenvalue weighted by atomic mass is 10.1. The second-order valence-electron chi connectivity index (χ2n) is 8.62. The Hall–Kier alpha value is -3.17.